The Morgan fingerprint density at radius 1 is 1.20 bits per heavy atom. The summed E-state index contributed by atoms with van der Waals surface area (Å²) in [6, 6.07) is 7.45. The van der Waals surface area contributed by atoms with Crippen molar-refractivity contribution in [3.05, 3.63) is 29.3 Å². The van der Waals surface area contributed by atoms with Crippen molar-refractivity contribution in [1.82, 2.24) is 10.2 Å². The van der Waals surface area contributed by atoms with Crippen LogP contribution in [-0.4, -0.2) is 31.1 Å². The van der Waals surface area contributed by atoms with Crippen molar-refractivity contribution in [2.45, 2.75) is 53.2 Å². The lowest BCUT2D eigenvalue weighted by Gasteiger charge is -2.23. The van der Waals surface area contributed by atoms with Crippen LogP contribution < -0.4 is 10.1 Å². The van der Waals surface area contributed by atoms with Gasteiger partial charge in [0.1, 0.15) is 5.75 Å². The van der Waals surface area contributed by atoms with Crippen LogP contribution in [0.25, 0.3) is 0 Å². The number of ether oxygens (including phenoxy) is 1. The Bertz CT molecular complexity index is 404. The third-order valence-electron chi connectivity index (χ3n) is 3.70. The predicted molar refractivity (Wildman–Crippen MR) is 86.3 cm³/mol. The van der Waals surface area contributed by atoms with Gasteiger partial charge in [-0.25, -0.2) is 0 Å². The van der Waals surface area contributed by atoms with E-state index >= 15 is 0 Å². The first kappa shape index (κ1) is 17.0. The molecule has 0 aliphatic heterocycles. The zero-order valence-electron chi connectivity index (χ0n) is 13.9. The first-order chi connectivity index (χ1) is 9.49. The highest BCUT2D eigenvalue weighted by molar-refractivity contribution is 5.38. The van der Waals surface area contributed by atoms with Crippen molar-refractivity contribution in [3.63, 3.8) is 0 Å². The van der Waals surface area contributed by atoms with Crippen LogP contribution >= 0.6 is 0 Å². The molecule has 0 heterocycles. The SMILES string of the molecule is CCNC(C)c1ccc(OCC)c(CN(C)C(C)C)c1. The van der Waals surface area contributed by atoms with E-state index in [-0.39, 0.29) is 0 Å². The number of nitrogens with one attached hydrogen (secondary N) is 1. The summed E-state index contributed by atoms with van der Waals surface area (Å²) in [6.45, 7) is 13.4. The minimum absolute atomic E-state index is 0.374. The number of nitrogens with zero attached hydrogens (tertiary/aromatic N) is 1. The molecule has 3 nitrogen and oxygen atoms in total. The van der Waals surface area contributed by atoms with Crippen molar-refractivity contribution in [3.8, 4) is 5.75 Å². The number of benzene rings is 1. The van der Waals surface area contributed by atoms with Crippen LogP contribution in [0.15, 0.2) is 18.2 Å². The van der Waals surface area contributed by atoms with E-state index in [0.717, 1.165) is 18.8 Å². The fourth-order valence-corrected chi connectivity index (χ4v) is 2.16. The van der Waals surface area contributed by atoms with Gasteiger partial charge in [0.2, 0.25) is 0 Å². The van der Waals surface area contributed by atoms with Gasteiger partial charge in [0, 0.05) is 24.2 Å². The molecule has 1 atom stereocenters. The Balaban J connectivity index is 2.98. The summed E-state index contributed by atoms with van der Waals surface area (Å²) < 4.78 is 5.77. The minimum Gasteiger partial charge on any atom is -0.494 e. The summed E-state index contributed by atoms with van der Waals surface area (Å²) in [5.74, 6) is 1.01. The molecule has 0 fully saturated rings. The van der Waals surface area contributed by atoms with Gasteiger partial charge in [-0.3, -0.25) is 4.90 Å². The van der Waals surface area contributed by atoms with E-state index in [1.54, 1.807) is 0 Å². The van der Waals surface area contributed by atoms with Gasteiger partial charge < -0.3 is 10.1 Å². The molecule has 0 saturated carbocycles. The molecule has 1 aromatic rings. The second kappa shape index (κ2) is 8.28. The maximum Gasteiger partial charge on any atom is 0.123 e. The normalized spacial score (nSPS) is 13.0. The lowest BCUT2D eigenvalue weighted by Crippen LogP contribution is -2.26. The molecular formula is C17H30N2O. The monoisotopic (exact) mass is 278 g/mol. The maximum absolute atomic E-state index is 5.77. The van der Waals surface area contributed by atoms with Gasteiger partial charge in [-0.1, -0.05) is 13.0 Å². The van der Waals surface area contributed by atoms with E-state index in [9.17, 15) is 0 Å². The second-order valence-electron chi connectivity index (χ2n) is 5.59. The van der Waals surface area contributed by atoms with Crippen LogP contribution in [0.3, 0.4) is 0 Å². The highest BCUT2D eigenvalue weighted by atomic mass is 16.5. The lowest BCUT2D eigenvalue weighted by molar-refractivity contribution is 0.257. The quantitative estimate of drug-likeness (QED) is 0.786. The standard InChI is InChI=1S/C17H30N2O/c1-7-18-14(5)15-9-10-17(20-8-2)16(11-15)12-19(6)13(3)4/h9-11,13-14,18H,7-8,12H2,1-6H3. The molecule has 0 amide bonds. The predicted octanol–water partition coefficient (Wildman–Crippen LogP) is 3.60. The topological polar surface area (TPSA) is 24.5 Å². The molecule has 1 aromatic carbocycles. The summed E-state index contributed by atoms with van der Waals surface area (Å²) in [5.41, 5.74) is 2.59. The molecule has 1 unspecified atom stereocenters. The lowest BCUT2D eigenvalue weighted by atomic mass is 10.0. The zero-order chi connectivity index (χ0) is 15.1. The minimum atomic E-state index is 0.374. The molecule has 114 valence electrons. The van der Waals surface area contributed by atoms with Crippen LogP contribution in [0, 0.1) is 0 Å². The molecule has 3 heteroatoms. The molecule has 1 rings (SSSR count). The highest BCUT2D eigenvalue weighted by Gasteiger charge is 2.12. The van der Waals surface area contributed by atoms with Gasteiger partial charge in [0.05, 0.1) is 6.61 Å². The molecule has 0 aliphatic carbocycles. The van der Waals surface area contributed by atoms with Gasteiger partial charge >= 0.3 is 0 Å². The van der Waals surface area contributed by atoms with E-state index < -0.39 is 0 Å². The summed E-state index contributed by atoms with van der Waals surface area (Å²) in [7, 11) is 2.15. The van der Waals surface area contributed by atoms with Crippen LogP contribution in [0.5, 0.6) is 5.75 Å². The Hall–Kier alpha value is -1.06. The molecule has 0 radical (unpaired) electrons. The van der Waals surface area contributed by atoms with Crippen LogP contribution in [0.1, 0.15) is 51.8 Å². The third kappa shape index (κ3) is 4.80. The fraction of sp³-hybridized carbons (Fsp3) is 0.647. The number of hydrogen-bond donors (Lipinski definition) is 1. The number of rotatable bonds is 8. The van der Waals surface area contributed by atoms with Crippen molar-refractivity contribution in [1.29, 1.82) is 0 Å². The molecule has 0 aromatic heterocycles. The fourth-order valence-electron chi connectivity index (χ4n) is 2.16. The van der Waals surface area contributed by atoms with Crippen molar-refractivity contribution in [2.75, 3.05) is 20.2 Å². The summed E-state index contributed by atoms with van der Waals surface area (Å²) in [4.78, 5) is 2.33. The van der Waals surface area contributed by atoms with Gasteiger partial charge in [-0.05, 0) is 59.0 Å². The molecule has 0 spiro atoms. The van der Waals surface area contributed by atoms with E-state index in [1.807, 2.05) is 6.92 Å². The highest BCUT2D eigenvalue weighted by Crippen LogP contribution is 2.25. The molecule has 0 aliphatic rings. The summed E-state index contributed by atoms with van der Waals surface area (Å²) >= 11 is 0. The molecule has 0 bridgehead atoms. The average Bonchev–Trinajstić information content (AvgIpc) is 2.41. The zero-order valence-corrected chi connectivity index (χ0v) is 13.9. The number of hydrogen-bond acceptors (Lipinski definition) is 3. The largest absolute Gasteiger partial charge is 0.494 e. The maximum atomic E-state index is 5.77. The van der Waals surface area contributed by atoms with Gasteiger partial charge in [-0.15, -0.1) is 0 Å². The molecular weight excluding hydrogens is 248 g/mol. The van der Waals surface area contributed by atoms with Crippen LogP contribution in [-0.2, 0) is 6.54 Å². The smallest absolute Gasteiger partial charge is 0.123 e. The van der Waals surface area contributed by atoms with E-state index in [0.29, 0.717) is 18.7 Å². The van der Waals surface area contributed by atoms with Gasteiger partial charge in [-0.2, -0.15) is 0 Å². The van der Waals surface area contributed by atoms with Crippen LogP contribution in [0.2, 0.25) is 0 Å². The van der Waals surface area contributed by atoms with E-state index in [1.165, 1.54) is 11.1 Å². The Kier molecular flexibility index (Phi) is 7.03. The first-order valence-corrected chi connectivity index (χ1v) is 7.68. The second-order valence-corrected chi connectivity index (χ2v) is 5.59. The molecule has 20 heavy (non-hydrogen) atoms. The van der Waals surface area contributed by atoms with Crippen molar-refractivity contribution < 1.29 is 4.74 Å². The van der Waals surface area contributed by atoms with E-state index in [2.05, 4.69) is 63.2 Å². The van der Waals surface area contributed by atoms with E-state index in [4.69, 9.17) is 4.74 Å². The van der Waals surface area contributed by atoms with Crippen LogP contribution in [0.4, 0.5) is 0 Å². The van der Waals surface area contributed by atoms with Crippen molar-refractivity contribution in [2.24, 2.45) is 0 Å². The van der Waals surface area contributed by atoms with Gasteiger partial charge in [0.15, 0.2) is 0 Å². The first-order valence-electron chi connectivity index (χ1n) is 7.68. The third-order valence-corrected chi connectivity index (χ3v) is 3.70. The Labute approximate surface area is 124 Å². The average molecular weight is 278 g/mol. The van der Waals surface area contributed by atoms with Gasteiger partial charge in [0.25, 0.3) is 0 Å². The Morgan fingerprint density at radius 2 is 1.90 bits per heavy atom. The molecule has 1 N–H and O–H groups in total. The molecule has 0 saturated heterocycles. The summed E-state index contributed by atoms with van der Waals surface area (Å²) in [5, 5.41) is 3.46. The summed E-state index contributed by atoms with van der Waals surface area (Å²) in [6.07, 6.45) is 0. The van der Waals surface area contributed by atoms with Crippen molar-refractivity contribution >= 4 is 0 Å². The Morgan fingerprint density at radius 3 is 2.45 bits per heavy atom.